The van der Waals surface area contributed by atoms with Gasteiger partial charge < -0.3 is 5.48 Å². The van der Waals surface area contributed by atoms with E-state index in [0.29, 0.717) is 0 Å². The van der Waals surface area contributed by atoms with Crippen LogP contribution in [-0.2, 0) is 6.42 Å². The lowest BCUT2D eigenvalue weighted by molar-refractivity contribution is 0.824. The highest BCUT2D eigenvalue weighted by Gasteiger charge is 1.96. The average Bonchev–Trinajstić information content (AvgIpc) is 2.59. The maximum absolute atomic E-state index is 3.98. The predicted octanol–water partition coefficient (Wildman–Crippen LogP) is 0.571. The van der Waals surface area contributed by atoms with Gasteiger partial charge in [0, 0.05) is 6.42 Å². The van der Waals surface area contributed by atoms with Gasteiger partial charge in [-0.15, -0.1) is 0 Å². The minimum absolute atomic E-state index is 0. The van der Waals surface area contributed by atoms with Crippen LogP contribution in [0.15, 0.2) is 36.5 Å². The van der Waals surface area contributed by atoms with E-state index in [4.69, 9.17) is 0 Å². The molecule has 4 heteroatoms. The minimum Gasteiger partial charge on any atom is -0.412 e. The van der Waals surface area contributed by atoms with Crippen LogP contribution in [0.3, 0.4) is 0 Å². The molecule has 0 radical (unpaired) electrons. The summed E-state index contributed by atoms with van der Waals surface area (Å²) in [6.07, 6.45) is 2.59. The van der Waals surface area contributed by atoms with Crippen LogP contribution >= 0.6 is 0 Å². The standard InChI is InChI=1S/C9H9N3.H2O/c1-2-4-8(5-3-1)6-9-7-10-12-11-9;/h1-5,7H,6H2,(H,10,11,12);1H2. The molecule has 0 atom stereocenters. The van der Waals surface area contributed by atoms with E-state index >= 15 is 0 Å². The van der Waals surface area contributed by atoms with E-state index < -0.39 is 0 Å². The first kappa shape index (κ1) is 9.41. The summed E-state index contributed by atoms with van der Waals surface area (Å²) in [5, 5.41) is 10.3. The Labute approximate surface area is 75.9 Å². The number of nitrogens with one attached hydrogen (secondary N) is 1. The Morgan fingerprint density at radius 2 is 1.92 bits per heavy atom. The lowest BCUT2D eigenvalue weighted by Crippen LogP contribution is -1.86. The first-order valence-electron chi connectivity index (χ1n) is 3.84. The average molecular weight is 177 g/mol. The van der Waals surface area contributed by atoms with Crippen molar-refractivity contribution in [2.45, 2.75) is 6.42 Å². The molecule has 0 aliphatic carbocycles. The number of benzene rings is 1. The Kier molecular flexibility index (Phi) is 3.16. The fourth-order valence-electron chi connectivity index (χ4n) is 1.12. The smallest absolute Gasteiger partial charge is 0.0868 e. The summed E-state index contributed by atoms with van der Waals surface area (Å²) in [5.74, 6) is 0. The molecule has 0 unspecified atom stereocenters. The van der Waals surface area contributed by atoms with E-state index in [1.165, 1.54) is 5.56 Å². The lowest BCUT2D eigenvalue weighted by Gasteiger charge is -1.94. The van der Waals surface area contributed by atoms with E-state index in [-0.39, 0.29) is 5.48 Å². The summed E-state index contributed by atoms with van der Waals surface area (Å²) in [7, 11) is 0. The molecule has 1 heterocycles. The molecule has 0 fully saturated rings. The third-order valence-corrected chi connectivity index (χ3v) is 1.69. The second-order valence-electron chi connectivity index (χ2n) is 2.62. The summed E-state index contributed by atoms with van der Waals surface area (Å²) in [6, 6.07) is 10.2. The molecule has 1 aromatic carbocycles. The van der Waals surface area contributed by atoms with Crippen molar-refractivity contribution in [3.63, 3.8) is 0 Å². The van der Waals surface area contributed by atoms with Crippen molar-refractivity contribution in [2.24, 2.45) is 0 Å². The molecular weight excluding hydrogens is 166 g/mol. The van der Waals surface area contributed by atoms with E-state index in [1.807, 2.05) is 18.2 Å². The molecule has 0 spiro atoms. The Morgan fingerprint density at radius 3 is 2.54 bits per heavy atom. The predicted molar refractivity (Wildman–Crippen MR) is 49.2 cm³/mol. The number of aromatic amines is 1. The molecular formula is C9H11N3O. The fourth-order valence-corrected chi connectivity index (χ4v) is 1.12. The normalized spacial score (nSPS) is 9.23. The second-order valence-corrected chi connectivity index (χ2v) is 2.62. The molecule has 68 valence electrons. The molecule has 0 aliphatic rings. The van der Waals surface area contributed by atoms with Gasteiger partial charge in [-0.2, -0.15) is 15.4 Å². The van der Waals surface area contributed by atoms with Crippen molar-refractivity contribution >= 4 is 0 Å². The third kappa shape index (κ3) is 2.38. The van der Waals surface area contributed by atoms with Crippen LogP contribution in [0.2, 0.25) is 0 Å². The molecule has 4 nitrogen and oxygen atoms in total. The monoisotopic (exact) mass is 177 g/mol. The molecule has 13 heavy (non-hydrogen) atoms. The largest absolute Gasteiger partial charge is 0.412 e. The molecule has 3 N–H and O–H groups in total. The summed E-state index contributed by atoms with van der Waals surface area (Å²) >= 11 is 0. The number of H-pyrrole nitrogens is 1. The van der Waals surface area contributed by atoms with Gasteiger partial charge >= 0.3 is 0 Å². The van der Waals surface area contributed by atoms with Gasteiger partial charge in [0.15, 0.2) is 0 Å². The summed E-state index contributed by atoms with van der Waals surface area (Å²) in [4.78, 5) is 0. The second kappa shape index (κ2) is 4.37. The van der Waals surface area contributed by atoms with Crippen LogP contribution in [0.1, 0.15) is 11.3 Å². The Morgan fingerprint density at radius 1 is 1.15 bits per heavy atom. The van der Waals surface area contributed by atoms with Crippen LogP contribution < -0.4 is 0 Å². The number of hydrogen-bond donors (Lipinski definition) is 1. The molecule has 0 amide bonds. The fraction of sp³-hybridized carbons (Fsp3) is 0.111. The van der Waals surface area contributed by atoms with Crippen LogP contribution in [0.4, 0.5) is 0 Å². The summed E-state index contributed by atoms with van der Waals surface area (Å²) in [6.45, 7) is 0. The van der Waals surface area contributed by atoms with Crippen molar-refractivity contribution in [1.29, 1.82) is 0 Å². The Balaban J connectivity index is 0.000000845. The summed E-state index contributed by atoms with van der Waals surface area (Å²) in [5.41, 5.74) is 2.23. The van der Waals surface area contributed by atoms with Gasteiger partial charge in [0.05, 0.1) is 11.9 Å². The SMILES string of the molecule is O.c1ccc(Cc2cn[nH]n2)cc1. The molecule has 0 saturated carbocycles. The van der Waals surface area contributed by atoms with E-state index in [9.17, 15) is 0 Å². The van der Waals surface area contributed by atoms with Crippen molar-refractivity contribution in [3.05, 3.63) is 47.8 Å². The van der Waals surface area contributed by atoms with E-state index in [2.05, 4.69) is 27.5 Å². The topological polar surface area (TPSA) is 73.1 Å². The van der Waals surface area contributed by atoms with Crippen molar-refractivity contribution < 1.29 is 5.48 Å². The highest BCUT2D eigenvalue weighted by Crippen LogP contribution is 2.04. The Bertz CT molecular complexity index is 331. The first-order valence-corrected chi connectivity index (χ1v) is 3.84. The third-order valence-electron chi connectivity index (χ3n) is 1.69. The molecule has 0 saturated heterocycles. The van der Waals surface area contributed by atoms with Crippen molar-refractivity contribution in [2.75, 3.05) is 0 Å². The number of hydrogen-bond acceptors (Lipinski definition) is 2. The van der Waals surface area contributed by atoms with E-state index in [1.54, 1.807) is 6.20 Å². The van der Waals surface area contributed by atoms with Crippen LogP contribution in [0.25, 0.3) is 0 Å². The molecule has 0 bridgehead atoms. The van der Waals surface area contributed by atoms with Crippen molar-refractivity contribution in [3.8, 4) is 0 Å². The molecule has 2 aromatic rings. The molecule has 2 rings (SSSR count). The van der Waals surface area contributed by atoms with Crippen LogP contribution in [0.5, 0.6) is 0 Å². The van der Waals surface area contributed by atoms with Gasteiger partial charge in [-0.1, -0.05) is 30.3 Å². The van der Waals surface area contributed by atoms with Gasteiger partial charge in [0.2, 0.25) is 0 Å². The van der Waals surface area contributed by atoms with Crippen molar-refractivity contribution in [1.82, 2.24) is 15.4 Å². The van der Waals surface area contributed by atoms with Gasteiger partial charge in [-0.05, 0) is 5.56 Å². The van der Waals surface area contributed by atoms with Gasteiger partial charge in [-0.25, -0.2) is 0 Å². The zero-order valence-electron chi connectivity index (χ0n) is 7.07. The summed E-state index contributed by atoms with van der Waals surface area (Å²) < 4.78 is 0. The zero-order chi connectivity index (χ0) is 8.23. The zero-order valence-corrected chi connectivity index (χ0v) is 7.07. The number of rotatable bonds is 2. The van der Waals surface area contributed by atoms with E-state index in [0.717, 1.165) is 12.1 Å². The maximum Gasteiger partial charge on any atom is 0.0868 e. The first-order chi connectivity index (χ1) is 5.95. The minimum atomic E-state index is 0. The molecule has 1 aromatic heterocycles. The molecule has 0 aliphatic heterocycles. The quantitative estimate of drug-likeness (QED) is 0.728. The van der Waals surface area contributed by atoms with Gasteiger partial charge in [0.25, 0.3) is 0 Å². The van der Waals surface area contributed by atoms with Crippen LogP contribution in [-0.4, -0.2) is 20.9 Å². The van der Waals surface area contributed by atoms with Gasteiger partial charge in [0.1, 0.15) is 0 Å². The highest BCUT2D eigenvalue weighted by molar-refractivity contribution is 5.19. The highest BCUT2D eigenvalue weighted by atomic mass is 16.0. The number of nitrogens with zero attached hydrogens (tertiary/aromatic N) is 2. The van der Waals surface area contributed by atoms with Crippen LogP contribution in [0, 0.1) is 0 Å². The lowest BCUT2D eigenvalue weighted by atomic mass is 10.1. The Hall–Kier alpha value is -1.68. The van der Waals surface area contributed by atoms with Gasteiger partial charge in [-0.3, -0.25) is 0 Å². The maximum atomic E-state index is 3.98. The number of aromatic nitrogens is 3.